The van der Waals surface area contributed by atoms with E-state index in [1.165, 1.54) is 16.4 Å². The zero-order valence-corrected chi connectivity index (χ0v) is 17.7. The summed E-state index contributed by atoms with van der Waals surface area (Å²) < 4.78 is 26.8. The molecule has 1 heterocycles. The zero-order chi connectivity index (χ0) is 20.1. The van der Waals surface area contributed by atoms with Gasteiger partial charge in [0, 0.05) is 42.6 Å². The van der Waals surface area contributed by atoms with Crippen molar-refractivity contribution in [2.45, 2.75) is 24.2 Å². The monoisotopic (exact) mass is 440 g/mol. The van der Waals surface area contributed by atoms with Crippen molar-refractivity contribution >= 4 is 39.1 Å². The standard InChI is InChI=1S/C20H22Cl2N2O3S/c21-17-6-4-16(5-7-17)2-1-3-20(25)23-12-14-24(15-13-23)28(26,27)19-10-8-18(22)9-11-19/h4-11H,1-3,12-15H2. The van der Waals surface area contributed by atoms with Gasteiger partial charge in [0.2, 0.25) is 15.9 Å². The second-order valence-corrected chi connectivity index (χ2v) is 9.53. The molecule has 2 aromatic rings. The van der Waals surface area contributed by atoms with E-state index in [9.17, 15) is 13.2 Å². The molecular formula is C20H22Cl2N2O3S. The summed E-state index contributed by atoms with van der Waals surface area (Å²) in [6.07, 6.45) is 2.02. The molecule has 1 fully saturated rings. The predicted molar refractivity (Wildman–Crippen MR) is 111 cm³/mol. The van der Waals surface area contributed by atoms with E-state index in [1.807, 2.05) is 24.3 Å². The molecule has 0 aliphatic carbocycles. The van der Waals surface area contributed by atoms with Gasteiger partial charge in [-0.3, -0.25) is 4.79 Å². The van der Waals surface area contributed by atoms with Crippen LogP contribution in [0.15, 0.2) is 53.4 Å². The van der Waals surface area contributed by atoms with Gasteiger partial charge in [0.15, 0.2) is 0 Å². The van der Waals surface area contributed by atoms with Gasteiger partial charge in [0.05, 0.1) is 4.90 Å². The van der Waals surface area contributed by atoms with Crippen LogP contribution in [0.2, 0.25) is 10.0 Å². The molecule has 8 heteroatoms. The van der Waals surface area contributed by atoms with Crippen LogP contribution in [0.5, 0.6) is 0 Å². The number of hydrogen-bond donors (Lipinski definition) is 0. The molecule has 2 aromatic carbocycles. The molecule has 0 radical (unpaired) electrons. The molecule has 28 heavy (non-hydrogen) atoms. The van der Waals surface area contributed by atoms with Crippen LogP contribution >= 0.6 is 23.2 Å². The molecular weight excluding hydrogens is 419 g/mol. The lowest BCUT2D eigenvalue weighted by atomic mass is 10.1. The number of amides is 1. The first-order chi connectivity index (χ1) is 13.4. The third kappa shape index (κ3) is 5.26. The van der Waals surface area contributed by atoms with Gasteiger partial charge in [0.1, 0.15) is 0 Å². The van der Waals surface area contributed by atoms with E-state index in [1.54, 1.807) is 17.0 Å². The van der Waals surface area contributed by atoms with Crippen molar-refractivity contribution < 1.29 is 13.2 Å². The Morgan fingerprint density at radius 1 is 0.857 bits per heavy atom. The quantitative estimate of drug-likeness (QED) is 0.685. The fraction of sp³-hybridized carbons (Fsp3) is 0.350. The van der Waals surface area contributed by atoms with Crippen LogP contribution in [0, 0.1) is 0 Å². The lowest BCUT2D eigenvalue weighted by Crippen LogP contribution is -2.50. The van der Waals surface area contributed by atoms with Crippen molar-refractivity contribution in [3.8, 4) is 0 Å². The number of rotatable bonds is 6. The van der Waals surface area contributed by atoms with Crippen molar-refractivity contribution in [1.29, 1.82) is 0 Å². The summed E-state index contributed by atoms with van der Waals surface area (Å²) in [6, 6.07) is 13.8. The Labute approximate surface area is 175 Å². The highest BCUT2D eigenvalue weighted by Gasteiger charge is 2.29. The molecule has 0 spiro atoms. The number of benzene rings is 2. The summed E-state index contributed by atoms with van der Waals surface area (Å²) in [5.41, 5.74) is 1.15. The Morgan fingerprint density at radius 2 is 1.39 bits per heavy atom. The first-order valence-electron chi connectivity index (χ1n) is 9.14. The summed E-state index contributed by atoms with van der Waals surface area (Å²) in [7, 11) is -3.56. The zero-order valence-electron chi connectivity index (χ0n) is 15.4. The maximum absolute atomic E-state index is 12.7. The molecule has 1 amide bonds. The predicted octanol–water partition coefficient (Wildman–Crippen LogP) is 3.85. The van der Waals surface area contributed by atoms with Crippen molar-refractivity contribution in [3.05, 3.63) is 64.1 Å². The van der Waals surface area contributed by atoms with Gasteiger partial charge in [-0.2, -0.15) is 4.31 Å². The van der Waals surface area contributed by atoms with Crippen LogP contribution in [0.4, 0.5) is 0 Å². The van der Waals surface area contributed by atoms with Crippen molar-refractivity contribution in [2.75, 3.05) is 26.2 Å². The van der Waals surface area contributed by atoms with Gasteiger partial charge in [-0.25, -0.2) is 8.42 Å². The van der Waals surface area contributed by atoms with E-state index in [4.69, 9.17) is 23.2 Å². The van der Waals surface area contributed by atoms with Gasteiger partial charge in [0.25, 0.3) is 0 Å². The first kappa shape index (κ1) is 21.1. The number of carbonyl (C=O) groups excluding carboxylic acids is 1. The van der Waals surface area contributed by atoms with Crippen LogP contribution in [0.3, 0.4) is 0 Å². The van der Waals surface area contributed by atoms with E-state index < -0.39 is 10.0 Å². The Bertz CT molecular complexity index is 907. The van der Waals surface area contributed by atoms with Crippen molar-refractivity contribution in [3.63, 3.8) is 0 Å². The summed E-state index contributed by atoms with van der Waals surface area (Å²) in [4.78, 5) is 14.4. The number of aryl methyl sites for hydroxylation is 1. The van der Waals surface area contributed by atoms with Crippen molar-refractivity contribution in [1.82, 2.24) is 9.21 Å². The van der Waals surface area contributed by atoms with Gasteiger partial charge in [-0.05, 0) is 54.8 Å². The average Bonchev–Trinajstić information content (AvgIpc) is 2.70. The Kier molecular flexibility index (Phi) is 6.99. The third-order valence-electron chi connectivity index (χ3n) is 4.81. The SMILES string of the molecule is O=C(CCCc1ccc(Cl)cc1)N1CCN(S(=O)(=O)c2ccc(Cl)cc2)CC1. The van der Waals surface area contributed by atoms with Gasteiger partial charge in [-0.1, -0.05) is 35.3 Å². The minimum atomic E-state index is -3.56. The fourth-order valence-corrected chi connectivity index (χ4v) is 4.86. The molecule has 0 bridgehead atoms. The Balaban J connectivity index is 1.48. The molecule has 1 saturated heterocycles. The number of carbonyl (C=O) groups is 1. The maximum atomic E-state index is 12.7. The van der Waals surface area contributed by atoms with E-state index in [0.29, 0.717) is 42.6 Å². The topological polar surface area (TPSA) is 57.7 Å². The summed E-state index contributed by atoms with van der Waals surface area (Å²) in [6.45, 7) is 1.42. The van der Waals surface area contributed by atoms with Crippen molar-refractivity contribution in [2.24, 2.45) is 0 Å². The highest BCUT2D eigenvalue weighted by atomic mass is 35.5. The molecule has 0 atom stereocenters. The molecule has 1 aliphatic rings. The lowest BCUT2D eigenvalue weighted by molar-refractivity contribution is -0.132. The van der Waals surface area contributed by atoms with Gasteiger partial charge >= 0.3 is 0 Å². The highest BCUT2D eigenvalue weighted by Crippen LogP contribution is 2.20. The second-order valence-electron chi connectivity index (χ2n) is 6.72. The van der Waals surface area contributed by atoms with Crippen LogP contribution in [-0.4, -0.2) is 49.7 Å². The maximum Gasteiger partial charge on any atom is 0.243 e. The molecule has 0 aromatic heterocycles. The number of sulfonamides is 1. The lowest BCUT2D eigenvalue weighted by Gasteiger charge is -2.34. The Hall–Kier alpha value is -1.60. The summed E-state index contributed by atoms with van der Waals surface area (Å²) in [5.74, 6) is 0.0671. The smallest absolute Gasteiger partial charge is 0.243 e. The second kappa shape index (κ2) is 9.27. The third-order valence-corrected chi connectivity index (χ3v) is 7.23. The minimum absolute atomic E-state index is 0.0671. The van der Waals surface area contributed by atoms with E-state index in [-0.39, 0.29) is 10.8 Å². The molecule has 150 valence electrons. The number of halogens is 2. The van der Waals surface area contributed by atoms with Gasteiger partial charge < -0.3 is 4.90 Å². The van der Waals surface area contributed by atoms with Gasteiger partial charge in [-0.15, -0.1) is 0 Å². The van der Waals surface area contributed by atoms with E-state index >= 15 is 0 Å². The molecule has 0 N–H and O–H groups in total. The fourth-order valence-electron chi connectivity index (χ4n) is 3.19. The average molecular weight is 441 g/mol. The number of nitrogens with zero attached hydrogens (tertiary/aromatic N) is 2. The first-order valence-corrected chi connectivity index (χ1v) is 11.3. The number of hydrogen-bond acceptors (Lipinski definition) is 3. The van der Waals surface area contributed by atoms with E-state index in [0.717, 1.165) is 18.4 Å². The summed E-state index contributed by atoms with van der Waals surface area (Å²) in [5, 5.41) is 1.19. The highest BCUT2D eigenvalue weighted by molar-refractivity contribution is 7.89. The molecule has 1 aliphatic heterocycles. The molecule has 0 saturated carbocycles. The summed E-state index contributed by atoms with van der Waals surface area (Å²) >= 11 is 11.7. The van der Waals surface area contributed by atoms with Crippen LogP contribution in [0.1, 0.15) is 18.4 Å². The van der Waals surface area contributed by atoms with Crippen LogP contribution in [0.25, 0.3) is 0 Å². The van der Waals surface area contributed by atoms with Crippen LogP contribution in [-0.2, 0) is 21.2 Å². The van der Waals surface area contributed by atoms with E-state index in [2.05, 4.69) is 0 Å². The Morgan fingerprint density at radius 3 is 1.96 bits per heavy atom. The largest absolute Gasteiger partial charge is 0.340 e. The molecule has 0 unspecified atom stereocenters. The molecule has 3 rings (SSSR count). The molecule has 5 nitrogen and oxygen atoms in total. The number of piperazine rings is 1. The van der Waals surface area contributed by atoms with Crippen LogP contribution < -0.4 is 0 Å². The normalized spacial score (nSPS) is 15.6. The minimum Gasteiger partial charge on any atom is -0.340 e.